The van der Waals surface area contributed by atoms with Crippen LogP contribution in [-0.2, 0) is 4.79 Å². The Balaban J connectivity index is 2.21. The Bertz CT molecular complexity index is 463. The number of hydrogen-bond donors (Lipinski definition) is 1. The number of pyridine rings is 1. The number of likely N-dealkylation sites (N-methyl/N-ethyl adjacent to an activating group) is 2. The molecule has 1 unspecified atom stereocenters. The maximum absolute atomic E-state index is 12.4. The van der Waals surface area contributed by atoms with Crippen molar-refractivity contribution in [2.45, 2.75) is 6.04 Å². The average molecular weight is 262 g/mol. The van der Waals surface area contributed by atoms with E-state index in [-0.39, 0.29) is 11.8 Å². The monoisotopic (exact) mass is 262 g/mol. The molecule has 0 spiro atoms. The summed E-state index contributed by atoms with van der Waals surface area (Å²) >= 11 is 0. The van der Waals surface area contributed by atoms with Crippen LogP contribution < -0.4 is 5.32 Å². The third-order valence-corrected chi connectivity index (χ3v) is 3.30. The van der Waals surface area contributed by atoms with E-state index >= 15 is 0 Å². The molecule has 2 rings (SSSR count). The first kappa shape index (κ1) is 13.5. The van der Waals surface area contributed by atoms with E-state index in [1.165, 1.54) is 6.20 Å². The lowest BCUT2D eigenvalue weighted by Gasteiger charge is -2.38. The van der Waals surface area contributed by atoms with E-state index in [2.05, 4.69) is 10.3 Å². The van der Waals surface area contributed by atoms with Gasteiger partial charge in [-0.1, -0.05) is 0 Å². The zero-order chi connectivity index (χ0) is 13.8. The molecule has 1 aliphatic rings. The van der Waals surface area contributed by atoms with Crippen molar-refractivity contribution in [3.63, 3.8) is 0 Å². The number of nitrogens with zero attached hydrogens (tertiary/aromatic N) is 3. The summed E-state index contributed by atoms with van der Waals surface area (Å²) in [6.07, 6.45) is 3.15. The molecular formula is C13H18N4O2. The first-order chi connectivity index (χ1) is 9.13. The molecule has 6 nitrogen and oxygen atoms in total. The fraction of sp³-hybridized carbons (Fsp3) is 0.462. The fourth-order valence-electron chi connectivity index (χ4n) is 2.21. The molecule has 2 amide bonds. The number of hydrogen-bond acceptors (Lipinski definition) is 4. The van der Waals surface area contributed by atoms with Crippen molar-refractivity contribution >= 4 is 11.8 Å². The number of rotatable bonds is 2. The van der Waals surface area contributed by atoms with E-state index in [0.717, 1.165) is 6.54 Å². The SMILES string of the molecule is CNC(=O)C1CN(C)CCN1C(=O)c1cccnc1. The van der Waals surface area contributed by atoms with Gasteiger partial charge in [0.25, 0.3) is 5.91 Å². The summed E-state index contributed by atoms with van der Waals surface area (Å²) in [4.78, 5) is 32.0. The van der Waals surface area contributed by atoms with Gasteiger partial charge in [0.2, 0.25) is 5.91 Å². The van der Waals surface area contributed by atoms with Crippen LogP contribution in [0.1, 0.15) is 10.4 Å². The fourth-order valence-corrected chi connectivity index (χ4v) is 2.21. The second-order valence-electron chi connectivity index (χ2n) is 4.63. The molecule has 0 aromatic carbocycles. The quantitative estimate of drug-likeness (QED) is 0.786. The third kappa shape index (κ3) is 2.90. The van der Waals surface area contributed by atoms with Crippen LogP contribution in [0.15, 0.2) is 24.5 Å². The molecule has 1 aromatic rings. The van der Waals surface area contributed by atoms with Gasteiger partial charge >= 0.3 is 0 Å². The number of nitrogens with one attached hydrogen (secondary N) is 1. The second-order valence-corrected chi connectivity index (χ2v) is 4.63. The normalized spacial score (nSPS) is 20.1. The Morgan fingerprint density at radius 1 is 1.42 bits per heavy atom. The largest absolute Gasteiger partial charge is 0.357 e. The zero-order valence-electron chi connectivity index (χ0n) is 11.2. The van der Waals surface area contributed by atoms with Crippen molar-refractivity contribution in [2.24, 2.45) is 0 Å². The predicted molar refractivity (Wildman–Crippen MR) is 70.6 cm³/mol. The number of aromatic nitrogens is 1. The molecule has 6 heteroatoms. The third-order valence-electron chi connectivity index (χ3n) is 3.30. The molecule has 0 aliphatic carbocycles. The highest BCUT2D eigenvalue weighted by Crippen LogP contribution is 2.13. The van der Waals surface area contributed by atoms with Crippen LogP contribution >= 0.6 is 0 Å². The van der Waals surface area contributed by atoms with Gasteiger partial charge in [0.1, 0.15) is 6.04 Å². The van der Waals surface area contributed by atoms with Gasteiger partial charge in [-0.05, 0) is 19.2 Å². The van der Waals surface area contributed by atoms with Gasteiger partial charge in [-0.3, -0.25) is 14.6 Å². The zero-order valence-corrected chi connectivity index (χ0v) is 11.2. The van der Waals surface area contributed by atoms with E-state index in [9.17, 15) is 9.59 Å². The van der Waals surface area contributed by atoms with Gasteiger partial charge in [0, 0.05) is 39.1 Å². The Hall–Kier alpha value is -1.95. The first-order valence-corrected chi connectivity index (χ1v) is 6.24. The maximum Gasteiger partial charge on any atom is 0.256 e. The van der Waals surface area contributed by atoms with Crippen LogP contribution in [0.25, 0.3) is 0 Å². The molecule has 1 N–H and O–H groups in total. The van der Waals surface area contributed by atoms with Gasteiger partial charge in [0.05, 0.1) is 5.56 Å². The van der Waals surface area contributed by atoms with Gasteiger partial charge in [-0.15, -0.1) is 0 Å². The van der Waals surface area contributed by atoms with Gasteiger partial charge in [0.15, 0.2) is 0 Å². The molecule has 19 heavy (non-hydrogen) atoms. The van der Waals surface area contributed by atoms with E-state index in [1.54, 1.807) is 30.3 Å². The summed E-state index contributed by atoms with van der Waals surface area (Å²) < 4.78 is 0. The molecule has 0 bridgehead atoms. The lowest BCUT2D eigenvalue weighted by atomic mass is 10.1. The van der Waals surface area contributed by atoms with Crippen LogP contribution in [0.2, 0.25) is 0 Å². The van der Waals surface area contributed by atoms with Crippen LogP contribution in [0, 0.1) is 0 Å². The van der Waals surface area contributed by atoms with Crippen LogP contribution in [0.4, 0.5) is 0 Å². The van der Waals surface area contributed by atoms with Crippen LogP contribution in [0.5, 0.6) is 0 Å². The molecule has 0 radical (unpaired) electrons. The summed E-state index contributed by atoms with van der Waals surface area (Å²) in [5, 5.41) is 2.62. The molecule has 2 heterocycles. The molecule has 1 aromatic heterocycles. The summed E-state index contributed by atoms with van der Waals surface area (Å²) in [5.41, 5.74) is 0.515. The van der Waals surface area contributed by atoms with Crippen molar-refractivity contribution < 1.29 is 9.59 Å². The first-order valence-electron chi connectivity index (χ1n) is 6.24. The lowest BCUT2D eigenvalue weighted by molar-refractivity contribution is -0.126. The Kier molecular flexibility index (Phi) is 4.11. The number of piperazine rings is 1. The summed E-state index contributed by atoms with van der Waals surface area (Å²) in [5.74, 6) is -0.279. The smallest absolute Gasteiger partial charge is 0.256 e. The molecule has 1 fully saturated rings. The average Bonchev–Trinajstić information content (AvgIpc) is 2.46. The highest BCUT2D eigenvalue weighted by Gasteiger charge is 2.34. The van der Waals surface area contributed by atoms with Crippen molar-refractivity contribution in [2.75, 3.05) is 33.7 Å². The molecule has 102 valence electrons. The van der Waals surface area contributed by atoms with E-state index in [0.29, 0.717) is 18.7 Å². The Labute approximate surface area is 112 Å². The van der Waals surface area contributed by atoms with Crippen LogP contribution in [0.3, 0.4) is 0 Å². The standard InChI is InChI=1S/C13H18N4O2/c1-14-12(18)11-9-16(2)6-7-17(11)13(19)10-4-3-5-15-8-10/h3-5,8,11H,6-7,9H2,1-2H3,(H,14,18). The summed E-state index contributed by atoms with van der Waals surface area (Å²) in [6, 6.07) is 2.99. The van der Waals surface area contributed by atoms with Crippen molar-refractivity contribution in [3.8, 4) is 0 Å². The van der Waals surface area contributed by atoms with Crippen LogP contribution in [-0.4, -0.2) is 66.4 Å². The Morgan fingerprint density at radius 2 is 2.21 bits per heavy atom. The van der Waals surface area contributed by atoms with Crippen molar-refractivity contribution in [1.82, 2.24) is 20.1 Å². The topological polar surface area (TPSA) is 65.5 Å². The molecule has 1 atom stereocenters. The number of carbonyl (C=O) groups is 2. The molecule has 1 saturated heterocycles. The second kappa shape index (κ2) is 5.79. The van der Waals surface area contributed by atoms with Crippen molar-refractivity contribution in [3.05, 3.63) is 30.1 Å². The highest BCUT2D eigenvalue weighted by molar-refractivity contribution is 5.97. The number of amides is 2. The minimum absolute atomic E-state index is 0.135. The van der Waals surface area contributed by atoms with E-state index < -0.39 is 6.04 Å². The van der Waals surface area contributed by atoms with Crippen molar-refractivity contribution in [1.29, 1.82) is 0 Å². The minimum Gasteiger partial charge on any atom is -0.357 e. The predicted octanol–water partition coefficient (Wildman–Crippen LogP) is -0.416. The number of carbonyl (C=O) groups excluding carboxylic acids is 2. The van der Waals surface area contributed by atoms with E-state index in [4.69, 9.17) is 0 Å². The molecule has 1 aliphatic heterocycles. The summed E-state index contributed by atoms with van der Waals surface area (Å²) in [7, 11) is 3.53. The summed E-state index contributed by atoms with van der Waals surface area (Å²) in [6.45, 7) is 1.85. The van der Waals surface area contributed by atoms with Gasteiger partial charge < -0.3 is 15.1 Å². The van der Waals surface area contributed by atoms with E-state index in [1.807, 2.05) is 11.9 Å². The highest BCUT2D eigenvalue weighted by atomic mass is 16.2. The lowest BCUT2D eigenvalue weighted by Crippen LogP contribution is -2.59. The molecule has 0 saturated carbocycles. The Morgan fingerprint density at radius 3 is 2.84 bits per heavy atom. The van der Waals surface area contributed by atoms with Gasteiger partial charge in [-0.2, -0.15) is 0 Å². The van der Waals surface area contributed by atoms with Gasteiger partial charge in [-0.25, -0.2) is 0 Å². The maximum atomic E-state index is 12.4. The minimum atomic E-state index is -0.448. The molecular weight excluding hydrogens is 244 g/mol.